The van der Waals surface area contributed by atoms with Crippen molar-refractivity contribution in [2.75, 3.05) is 11.9 Å². The van der Waals surface area contributed by atoms with Crippen LogP contribution in [0.5, 0.6) is 0 Å². The highest BCUT2D eigenvalue weighted by Gasteiger charge is 2.46. The summed E-state index contributed by atoms with van der Waals surface area (Å²) in [6.07, 6.45) is -0.768. The number of aliphatic hydroxyl groups excluding tert-OH is 1. The van der Waals surface area contributed by atoms with Gasteiger partial charge in [0, 0.05) is 11.8 Å². The second kappa shape index (κ2) is 5.60. The molecule has 1 aliphatic carbocycles. The van der Waals surface area contributed by atoms with Crippen LogP contribution in [0.15, 0.2) is 42.1 Å². The van der Waals surface area contributed by atoms with Crippen molar-refractivity contribution in [3.63, 3.8) is 0 Å². The Hall–Kier alpha value is -2.81. The van der Waals surface area contributed by atoms with E-state index in [0.29, 0.717) is 11.5 Å². The third-order valence-corrected chi connectivity index (χ3v) is 4.76. The lowest BCUT2D eigenvalue weighted by molar-refractivity contribution is -0.0992. The number of ketones is 2. The molecule has 2 aliphatic heterocycles. The van der Waals surface area contributed by atoms with Gasteiger partial charge in [0.05, 0.1) is 12.3 Å². The summed E-state index contributed by atoms with van der Waals surface area (Å²) in [5.74, 6) is -0.246. The third-order valence-electron chi connectivity index (χ3n) is 4.76. The Morgan fingerprint density at radius 3 is 2.81 bits per heavy atom. The van der Waals surface area contributed by atoms with Crippen LogP contribution in [-0.2, 0) is 16.1 Å². The first-order chi connectivity index (χ1) is 12.6. The SMILES string of the molecule is O=C1C=C(Nc2ccccc2)C(=O)c2c1nc1n2[C@H]2OC[C@@H](O)[C@H]2OC1. The number of imidazole rings is 1. The van der Waals surface area contributed by atoms with Crippen molar-refractivity contribution in [1.29, 1.82) is 0 Å². The highest BCUT2D eigenvalue weighted by Crippen LogP contribution is 2.37. The molecule has 26 heavy (non-hydrogen) atoms. The number of carbonyl (C=O) groups is 2. The van der Waals surface area contributed by atoms with Crippen LogP contribution in [0.25, 0.3) is 0 Å². The van der Waals surface area contributed by atoms with E-state index in [4.69, 9.17) is 9.47 Å². The van der Waals surface area contributed by atoms with Gasteiger partial charge in [-0.1, -0.05) is 18.2 Å². The van der Waals surface area contributed by atoms with Crippen LogP contribution in [-0.4, -0.2) is 45.0 Å². The highest BCUT2D eigenvalue weighted by molar-refractivity contribution is 6.24. The smallest absolute Gasteiger partial charge is 0.228 e. The van der Waals surface area contributed by atoms with E-state index < -0.39 is 18.4 Å². The number of Topliss-reactive ketones (excluding diaryl/α,β-unsaturated/α-hetero) is 1. The molecule has 0 amide bonds. The maximum absolute atomic E-state index is 13.1. The number of fused-ring (bicyclic) bond motifs is 5. The van der Waals surface area contributed by atoms with Gasteiger partial charge in [-0.2, -0.15) is 0 Å². The Balaban J connectivity index is 1.57. The Bertz CT molecular complexity index is 949. The van der Waals surface area contributed by atoms with Crippen LogP contribution in [0.3, 0.4) is 0 Å². The number of anilines is 1. The van der Waals surface area contributed by atoms with E-state index in [1.807, 2.05) is 18.2 Å². The van der Waals surface area contributed by atoms with Crippen molar-refractivity contribution < 1.29 is 24.2 Å². The number of hydrogen-bond acceptors (Lipinski definition) is 7. The number of aromatic nitrogens is 2. The normalized spacial score (nSPS) is 26.8. The van der Waals surface area contributed by atoms with E-state index in [2.05, 4.69) is 10.3 Å². The molecule has 0 unspecified atom stereocenters. The molecule has 1 fully saturated rings. The molecule has 0 radical (unpaired) electrons. The van der Waals surface area contributed by atoms with Gasteiger partial charge in [0.15, 0.2) is 6.23 Å². The van der Waals surface area contributed by atoms with E-state index >= 15 is 0 Å². The molecule has 1 saturated heterocycles. The maximum atomic E-state index is 13.1. The van der Waals surface area contributed by atoms with Crippen LogP contribution < -0.4 is 5.32 Å². The monoisotopic (exact) mass is 353 g/mol. The lowest BCUT2D eigenvalue weighted by Crippen LogP contribution is -2.38. The fourth-order valence-electron chi connectivity index (χ4n) is 3.57. The lowest BCUT2D eigenvalue weighted by Gasteiger charge is -2.29. The molecule has 0 saturated carbocycles. The van der Waals surface area contributed by atoms with E-state index in [-0.39, 0.29) is 41.9 Å². The summed E-state index contributed by atoms with van der Waals surface area (Å²) in [5, 5.41) is 13.0. The molecule has 2 aromatic rings. The van der Waals surface area contributed by atoms with Crippen LogP contribution in [0.2, 0.25) is 0 Å². The predicted octanol–water partition coefficient (Wildman–Crippen LogP) is 1.05. The zero-order chi connectivity index (χ0) is 17.8. The first-order valence-corrected chi connectivity index (χ1v) is 8.28. The molecular weight excluding hydrogens is 338 g/mol. The molecule has 0 spiro atoms. The number of carbonyl (C=O) groups excluding carboxylic acids is 2. The number of ether oxygens (including phenoxy) is 2. The molecular formula is C18H15N3O5. The number of hydrogen-bond donors (Lipinski definition) is 2. The van der Waals surface area contributed by atoms with Crippen molar-refractivity contribution in [3.05, 3.63) is 59.3 Å². The Kier molecular flexibility index (Phi) is 3.33. The molecule has 8 heteroatoms. The molecule has 5 rings (SSSR count). The molecule has 132 valence electrons. The summed E-state index contributed by atoms with van der Waals surface area (Å²) in [5.41, 5.74) is 1.16. The minimum Gasteiger partial charge on any atom is -0.388 e. The summed E-state index contributed by atoms with van der Waals surface area (Å²) in [6, 6.07) is 9.14. The van der Waals surface area contributed by atoms with Crippen molar-refractivity contribution in [3.8, 4) is 0 Å². The van der Waals surface area contributed by atoms with Crippen LogP contribution >= 0.6 is 0 Å². The zero-order valence-electron chi connectivity index (χ0n) is 13.6. The molecule has 0 bridgehead atoms. The molecule has 8 nitrogen and oxygen atoms in total. The Labute approximate surface area is 148 Å². The molecule has 3 atom stereocenters. The predicted molar refractivity (Wildman–Crippen MR) is 88.6 cm³/mol. The summed E-state index contributed by atoms with van der Waals surface area (Å²) in [4.78, 5) is 29.9. The summed E-state index contributed by atoms with van der Waals surface area (Å²) in [6.45, 7) is 0.214. The van der Waals surface area contributed by atoms with Gasteiger partial charge in [0.2, 0.25) is 11.6 Å². The number of nitrogens with one attached hydrogen (secondary N) is 1. The summed E-state index contributed by atoms with van der Waals surface area (Å²) in [7, 11) is 0. The fraction of sp³-hybridized carbons (Fsp3) is 0.278. The minimum atomic E-state index is -0.780. The number of benzene rings is 1. The molecule has 1 aromatic heterocycles. The molecule has 3 heterocycles. The van der Waals surface area contributed by atoms with E-state index in [1.165, 1.54) is 6.08 Å². The van der Waals surface area contributed by atoms with Crippen LogP contribution in [0, 0.1) is 0 Å². The van der Waals surface area contributed by atoms with Gasteiger partial charge in [-0.3, -0.25) is 14.2 Å². The Morgan fingerprint density at radius 1 is 1.19 bits per heavy atom. The number of para-hydroxylation sites is 1. The fourth-order valence-corrected chi connectivity index (χ4v) is 3.57. The largest absolute Gasteiger partial charge is 0.388 e. The Morgan fingerprint density at radius 2 is 2.00 bits per heavy atom. The van der Waals surface area contributed by atoms with Crippen molar-refractivity contribution in [2.45, 2.75) is 25.0 Å². The second-order valence-corrected chi connectivity index (χ2v) is 6.40. The summed E-state index contributed by atoms with van der Waals surface area (Å²) < 4.78 is 12.8. The standard InChI is InChI=1S/C18H15N3O5/c22-11-6-10(19-9-4-2-1-3-5-9)16(24)15-14(11)20-13-8-25-17-12(23)7-26-18(17)21(13)15/h1-6,12,17-19,23H,7-8H2/t12-,17-,18+/m1/s1. The second-order valence-electron chi connectivity index (χ2n) is 6.40. The van der Waals surface area contributed by atoms with Gasteiger partial charge in [-0.05, 0) is 12.1 Å². The van der Waals surface area contributed by atoms with Crippen molar-refractivity contribution in [1.82, 2.24) is 9.55 Å². The lowest BCUT2D eigenvalue weighted by atomic mass is 10.0. The first kappa shape index (κ1) is 15.4. The average Bonchev–Trinajstić information content (AvgIpc) is 3.21. The van der Waals surface area contributed by atoms with Crippen molar-refractivity contribution in [2.24, 2.45) is 0 Å². The number of rotatable bonds is 2. The van der Waals surface area contributed by atoms with Gasteiger partial charge < -0.3 is 19.9 Å². The number of aliphatic hydroxyl groups is 1. The van der Waals surface area contributed by atoms with Gasteiger partial charge in [-0.25, -0.2) is 4.98 Å². The van der Waals surface area contributed by atoms with E-state index in [0.717, 1.165) is 0 Å². The van der Waals surface area contributed by atoms with Crippen LogP contribution in [0.4, 0.5) is 5.69 Å². The van der Waals surface area contributed by atoms with E-state index in [1.54, 1.807) is 16.7 Å². The minimum absolute atomic E-state index is 0.0952. The highest BCUT2D eigenvalue weighted by atomic mass is 16.6. The van der Waals surface area contributed by atoms with Gasteiger partial charge >= 0.3 is 0 Å². The maximum Gasteiger partial charge on any atom is 0.228 e. The quantitative estimate of drug-likeness (QED) is 0.832. The molecule has 1 aromatic carbocycles. The van der Waals surface area contributed by atoms with Gasteiger partial charge in [0.1, 0.15) is 36.0 Å². The zero-order valence-corrected chi connectivity index (χ0v) is 13.6. The third kappa shape index (κ3) is 2.16. The number of allylic oxidation sites excluding steroid dienone is 2. The van der Waals surface area contributed by atoms with E-state index in [9.17, 15) is 14.7 Å². The first-order valence-electron chi connectivity index (χ1n) is 8.28. The van der Waals surface area contributed by atoms with Crippen LogP contribution in [0.1, 0.15) is 33.0 Å². The molecule has 2 N–H and O–H groups in total. The summed E-state index contributed by atoms with van der Waals surface area (Å²) >= 11 is 0. The van der Waals surface area contributed by atoms with Gasteiger partial charge in [0.25, 0.3) is 0 Å². The van der Waals surface area contributed by atoms with Crippen molar-refractivity contribution >= 4 is 17.3 Å². The molecule has 3 aliphatic rings. The number of nitrogens with zero attached hydrogens (tertiary/aromatic N) is 2. The average molecular weight is 353 g/mol. The van der Waals surface area contributed by atoms with Gasteiger partial charge in [-0.15, -0.1) is 0 Å². The topological polar surface area (TPSA) is 103 Å².